The second-order valence-corrected chi connectivity index (χ2v) is 10.0. The first-order chi connectivity index (χ1) is 17.2. The predicted octanol–water partition coefficient (Wildman–Crippen LogP) is 2.79. The van der Waals surface area contributed by atoms with Crippen LogP contribution in [0.1, 0.15) is 63.5 Å². The highest BCUT2D eigenvalue weighted by atomic mass is 35.5. The van der Waals surface area contributed by atoms with Crippen molar-refractivity contribution in [1.29, 1.82) is 0 Å². The molecule has 0 amide bonds. The van der Waals surface area contributed by atoms with Gasteiger partial charge in [0.15, 0.2) is 0 Å². The Morgan fingerprint density at radius 1 is 0.971 bits per heavy atom. The standard InChI is InChI=1S/C24H41ClN10/c25-22-16-23(30-20-8-13-27-14-9-20)32-24(31-22)29-17-21-18-35(34-33-21)15-5-11-26-10-4-12-28-19-6-2-1-3-7-19/h16,18-20,26-28H,1-15,17H2,(H2,29,30,31,32). The monoisotopic (exact) mass is 504 g/mol. The Morgan fingerprint density at radius 3 is 2.66 bits per heavy atom. The van der Waals surface area contributed by atoms with Crippen LogP contribution in [0.5, 0.6) is 0 Å². The van der Waals surface area contributed by atoms with E-state index in [4.69, 9.17) is 11.6 Å². The van der Waals surface area contributed by atoms with Gasteiger partial charge in [-0.15, -0.1) is 5.10 Å². The van der Waals surface area contributed by atoms with E-state index in [0.717, 1.165) is 76.1 Å². The van der Waals surface area contributed by atoms with E-state index in [1.807, 2.05) is 10.9 Å². The molecule has 194 valence electrons. The van der Waals surface area contributed by atoms with Gasteiger partial charge in [0.25, 0.3) is 0 Å². The molecule has 0 unspecified atom stereocenters. The van der Waals surface area contributed by atoms with Gasteiger partial charge < -0.3 is 26.6 Å². The molecule has 5 N–H and O–H groups in total. The summed E-state index contributed by atoms with van der Waals surface area (Å²) in [4.78, 5) is 8.85. The van der Waals surface area contributed by atoms with Crippen LogP contribution in [0.2, 0.25) is 5.15 Å². The number of rotatable bonds is 14. The summed E-state index contributed by atoms with van der Waals surface area (Å²) in [6.45, 7) is 6.54. The molecule has 10 nitrogen and oxygen atoms in total. The lowest BCUT2D eigenvalue weighted by molar-refractivity contribution is 0.371. The Hall–Kier alpha value is -2.01. The molecule has 0 bridgehead atoms. The van der Waals surface area contributed by atoms with E-state index in [2.05, 4.69) is 46.9 Å². The van der Waals surface area contributed by atoms with Crippen LogP contribution >= 0.6 is 11.6 Å². The molecule has 1 aliphatic heterocycles. The lowest BCUT2D eigenvalue weighted by Gasteiger charge is -2.24. The summed E-state index contributed by atoms with van der Waals surface area (Å²) in [5.74, 6) is 1.24. The lowest BCUT2D eigenvalue weighted by Crippen LogP contribution is -2.35. The van der Waals surface area contributed by atoms with Crippen LogP contribution in [-0.2, 0) is 13.1 Å². The minimum Gasteiger partial charge on any atom is -0.367 e. The third-order valence-electron chi connectivity index (χ3n) is 6.71. The zero-order valence-electron chi connectivity index (χ0n) is 20.7. The fraction of sp³-hybridized carbons (Fsp3) is 0.750. The molecule has 0 aromatic carbocycles. The summed E-state index contributed by atoms with van der Waals surface area (Å²) in [7, 11) is 0. The molecule has 4 rings (SSSR count). The maximum atomic E-state index is 6.21. The SMILES string of the molecule is Clc1cc(NC2CCNCC2)nc(NCc2cn(CCCNCCCNC3CCCCC3)nn2)n1. The number of halogens is 1. The van der Waals surface area contributed by atoms with E-state index >= 15 is 0 Å². The van der Waals surface area contributed by atoms with Crippen molar-refractivity contribution < 1.29 is 0 Å². The van der Waals surface area contributed by atoms with E-state index in [1.165, 1.54) is 38.5 Å². The van der Waals surface area contributed by atoms with Crippen molar-refractivity contribution in [3.05, 3.63) is 23.1 Å². The Labute approximate surface area is 213 Å². The molecule has 0 spiro atoms. The third kappa shape index (κ3) is 9.51. The highest BCUT2D eigenvalue weighted by Gasteiger charge is 2.14. The van der Waals surface area contributed by atoms with Gasteiger partial charge in [-0.2, -0.15) is 4.98 Å². The van der Waals surface area contributed by atoms with Crippen molar-refractivity contribution in [1.82, 2.24) is 40.9 Å². The molecule has 35 heavy (non-hydrogen) atoms. The van der Waals surface area contributed by atoms with Crippen LogP contribution in [0.15, 0.2) is 12.3 Å². The molecule has 2 fully saturated rings. The van der Waals surface area contributed by atoms with Crippen molar-refractivity contribution in [3.8, 4) is 0 Å². The van der Waals surface area contributed by atoms with Crippen molar-refractivity contribution in [2.75, 3.05) is 43.4 Å². The predicted molar refractivity (Wildman–Crippen MR) is 141 cm³/mol. The minimum absolute atomic E-state index is 0.405. The quantitative estimate of drug-likeness (QED) is 0.195. The lowest BCUT2D eigenvalue weighted by atomic mass is 9.95. The Morgan fingerprint density at radius 2 is 1.80 bits per heavy atom. The summed E-state index contributed by atoms with van der Waals surface area (Å²) in [5, 5.41) is 26.2. The Kier molecular flexibility index (Phi) is 10.8. The van der Waals surface area contributed by atoms with Gasteiger partial charge in [0, 0.05) is 24.7 Å². The molecule has 0 atom stereocenters. The number of hydrogen-bond acceptors (Lipinski definition) is 9. The molecular formula is C24H41ClN10. The van der Waals surface area contributed by atoms with Crippen LogP contribution in [0.4, 0.5) is 11.8 Å². The number of hydrogen-bond donors (Lipinski definition) is 5. The smallest absolute Gasteiger partial charge is 0.226 e. The van der Waals surface area contributed by atoms with Crippen molar-refractivity contribution in [3.63, 3.8) is 0 Å². The van der Waals surface area contributed by atoms with Gasteiger partial charge >= 0.3 is 0 Å². The molecule has 2 aromatic heterocycles. The van der Waals surface area contributed by atoms with Gasteiger partial charge in [-0.1, -0.05) is 36.1 Å². The van der Waals surface area contributed by atoms with E-state index in [0.29, 0.717) is 23.7 Å². The summed E-state index contributed by atoms with van der Waals surface area (Å²) < 4.78 is 1.90. The van der Waals surface area contributed by atoms with E-state index < -0.39 is 0 Å². The maximum absolute atomic E-state index is 6.21. The maximum Gasteiger partial charge on any atom is 0.226 e. The first-order valence-corrected chi connectivity index (χ1v) is 13.7. The molecule has 1 aliphatic carbocycles. The number of piperidine rings is 1. The second kappa shape index (κ2) is 14.5. The second-order valence-electron chi connectivity index (χ2n) is 9.64. The van der Waals surface area contributed by atoms with Gasteiger partial charge in [-0.25, -0.2) is 4.98 Å². The fourth-order valence-corrected chi connectivity index (χ4v) is 4.95. The Balaban J connectivity index is 1.09. The number of anilines is 2. The zero-order valence-corrected chi connectivity index (χ0v) is 21.5. The van der Waals surface area contributed by atoms with Crippen molar-refractivity contribution in [2.45, 2.75) is 83.0 Å². The van der Waals surface area contributed by atoms with Gasteiger partial charge in [0.1, 0.15) is 16.7 Å². The first kappa shape index (κ1) is 26.1. The fourth-order valence-electron chi connectivity index (χ4n) is 4.76. The van der Waals surface area contributed by atoms with Gasteiger partial charge in [0.2, 0.25) is 5.95 Å². The molecular weight excluding hydrogens is 464 g/mol. The number of nitrogens with zero attached hydrogens (tertiary/aromatic N) is 5. The third-order valence-corrected chi connectivity index (χ3v) is 6.90. The van der Waals surface area contributed by atoms with Gasteiger partial charge in [0.05, 0.1) is 12.7 Å². The van der Waals surface area contributed by atoms with Crippen LogP contribution < -0.4 is 26.6 Å². The van der Waals surface area contributed by atoms with Crippen molar-refractivity contribution >= 4 is 23.4 Å². The average Bonchev–Trinajstić information content (AvgIpc) is 3.33. The van der Waals surface area contributed by atoms with Gasteiger partial charge in [-0.05, 0) is 71.2 Å². The van der Waals surface area contributed by atoms with Crippen molar-refractivity contribution in [2.24, 2.45) is 0 Å². The van der Waals surface area contributed by atoms with E-state index in [9.17, 15) is 0 Å². The van der Waals surface area contributed by atoms with E-state index in [1.54, 1.807) is 6.07 Å². The Bertz CT molecular complexity index is 864. The zero-order chi connectivity index (χ0) is 24.1. The largest absolute Gasteiger partial charge is 0.367 e. The minimum atomic E-state index is 0.405. The molecule has 2 aliphatic rings. The van der Waals surface area contributed by atoms with Gasteiger partial charge in [-0.3, -0.25) is 4.68 Å². The number of aryl methyl sites for hydroxylation is 1. The summed E-state index contributed by atoms with van der Waals surface area (Å²) in [5.41, 5.74) is 0.850. The molecule has 3 heterocycles. The first-order valence-electron chi connectivity index (χ1n) is 13.3. The summed E-state index contributed by atoms with van der Waals surface area (Å²) in [6.07, 6.45) is 13.2. The number of aromatic nitrogens is 5. The van der Waals surface area contributed by atoms with Crippen LogP contribution in [-0.4, -0.2) is 69.8 Å². The molecule has 2 aromatic rings. The molecule has 11 heteroatoms. The van der Waals surface area contributed by atoms with Crippen LogP contribution in [0.3, 0.4) is 0 Å². The highest BCUT2D eigenvalue weighted by Crippen LogP contribution is 2.18. The normalized spacial score (nSPS) is 17.5. The topological polar surface area (TPSA) is 117 Å². The summed E-state index contributed by atoms with van der Waals surface area (Å²) in [6, 6.07) is 2.93. The van der Waals surface area contributed by atoms with Crippen LogP contribution in [0.25, 0.3) is 0 Å². The number of nitrogens with one attached hydrogen (secondary N) is 5. The highest BCUT2D eigenvalue weighted by molar-refractivity contribution is 6.29. The molecule has 0 radical (unpaired) electrons. The molecule has 1 saturated heterocycles. The average molecular weight is 505 g/mol. The van der Waals surface area contributed by atoms with Crippen LogP contribution in [0, 0.1) is 0 Å². The van der Waals surface area contributed by atoms with E-state index in [-0.39, 0.29) is 0 Å². The summed E-state index contributed by atoms with van der Waals surface area (Å²) >= 11 is 6.21. The molecule has 1 saturated carbocycles.